The van der Waals surface area contributed by atoms with Gasteiger partial charge in [0.25, 0.3) is 5.91 Å². The van der Waals surface area contributed by atoms with Crippen molar-refractivity contribution in [1.29, 1.82) is 0 Å². The smallest absolute Gasteiger partial charge is 0.251 e. The molecule has 0 heterocycles. The Morgan fingerprint density at radius 3 is 2.50 bits per heavy atom. The molecule has 1 aliphatic rings. The van der Waals surface area contributed by atoms with Crippen molar-refractivity contribution in [3.8, 4) is 0 Å². The van der Waals surface area contributed by atoms with Gasteiger partial charge in [0.1, 0.15) is 6.04 Å². The second-order valence-corrected chi connectivity index (χ2v) is 5.85. The van der Waals surface area contributed by atoms with Gasteiger partial charge in [0.05, 0.1) is 0 Å². The lowest BCUT2D eigenvalue weighted by Gasteiger charge is -2.21. The van der Waals surface area contributed by atoms with Crippen molar-refractivity contribution < 1.29 is 9.59 Å². The quantitative estimate of drug-likeness (QED) is 0.863. The number of benzene rings is 1. The Bertz CT molecular complexity index is 507. The summed E-state index contributed by atoms with van der Waals surface area (Å²) in [6.07, 6.45) is 2.09. The number of nitrogens with one attached hydrogen (secondary N) is 2. The lowest BCUT2D eigenvalue weighted by atomic mass is 10.0. The molecule has 2 rings (SSSR count). The zero-order valence-corrected chi connectivity index (χ0v) is 12.3. The highest BCUT2D eigenvalue weighted by Gasteiger charge is 2.30. The van der Waals surface area contributed by atoms with Crippen LogP contribution in [0.2, 0.25) is 0 Å². The fourth-order valence-corrected chi connectivity index (χ4v) is 2.06. The van der Waals surface area contributed by atoms with Crippen LogP contribution in [0.4, 0.5) is 0 Å². The molecule has 0 bridgehead atoms. The predicted octanol–water partition coefficient (Wildman–Crippen LogP) is 2.03. The summed E-state index contributed by atoms with van der Waals surface area (Å²) < 4.78 is 0. The molecule has 0 unspecified atom stereocenters. The molecule has 0 aromatic heterocycles. The Labute approximate surface area is 119 Å². The molecule has 0 spiro atoms. The predicted molar refractivity (Wildman–Crippen MR) is 78.4 cm³/mol. The van der Waals surface area contributed by atoms with Crippen molar-refractivity contribution >= 4 is 11.8 Å². The highest BCUT2D eigenvalue weighted by molar-refractivity contribution is 5.97. The van der Waals surface area contributed by atoms with Crippen LogP contribution in [0.3, 0.4) is 0 Å². The van der Waals surface area contributed by atoms with E-state index in [1.54, 1.807) is 6.07 Å². The summed E-state index contributed by atoms with van der Waals surface area (Å²) in [6, 6.07) is 7.20. The van der Waals surface area contributed by atoms with E-state index in [1.165, 1.54) is 0 Å². The van der Waals surface area contributed by atoms with E-state index in [1.807, 2.05) is 39.0 Å². The molecular weight excluding hydrogens is 252 g/mol. The van der Waals surface area contributed by atoms with Crippen molar-refractivity contribution in [1.82, 2.24) is 10.6 Å². The zero-order valence-electron chi connectivity index (χ0n) is 12.3. The van der Waals surface area contributed by atoms with Gasteiger partial charge in [0.2, 0.25) is 5.91 Å². The topological polar surface area (TPSA) is 58.2 Å². The van der Waals surface area contributed by atoms with E-state index < -0.39 is 6.04 Å². The van der Waals surface area contributed by atoms with Gasteiger partial charge in [-0.15, -0.1) is 0 Å². The lowest BCUT2D eigenvalue weighted by molar-refractivity contribution is -0.124. The van der Waals surface area contributed by atoms with Crippen molar-refractivity contribution in [2.45, 2.75) is 45.7 Å². The van der Waals surface area contributed by atoms with Gasteiger partial charge in [-0.2, -0.15) is 0 Å². The Morgan fingerprint density at radius 2 is 1.95 bits per heavy atom. The van der Waals surface area contributed by atoms with E-state index in [0.717, 1.165) is 18.4 Å². The normalized spacial score (nSPS) is 15.8. The maximum atomic E-state index is 12.2. The number of aryl methyl sites for hydroxylation is 1. The average molecular weight is 274 g/mol. The van der Waals surface area contributed by atoms with E-state index in [0.29, 0.717) is 11.6 Å². The fraction of sp³-hybridized carbons (Fsp3) is 0.500. The molecule has 1 aliphatic carbocycles. The van der Waals surface area contributed by atoms with Gasteiger partial charge in [0, 0.05) is 11.6 Å². The van der Waals surface area contributed by atoms with Crippen molar-refractivity contribution in [2.75, 3.05) is 0 Å². The summed E-state index contributed by atoms with van der Waals surface area (Å²) in [7, 11) is 0. The van der Waals surface area contributed by atoms with E-state index in [2.05, 4.69) is 10.6 Å². The molecule has 20 heavy (non-hydrogen) atoms. The highest BCUT2D eigenvalue weighted by Crippen LogP contribution is 2.19. The van der Waals surface area contributed by atoms with Crippen molar-refractivity contribution in [2.24, 2.45) is 5.92 Å². The molecular formula is C16H22N2O2. The number of amides is 2. The third-order valence-electron chi connectivity index (χ3n) is 3.44. The maximum Gasteiger partial charge on any atom is 0.251 e. The Kier molecular flexibility index (Phi) is 4.42. The monoisotopic (exact) mass is 274 g/mol. The van der Waals surface area contributed by atoms with Crippen molar-refractivity contribution in [3.63, 3.8) is 0 Å². The van der Waals surface area contributed by atoms with Crippen LogP contribution in [0.25, 0.3) is 0 Å². The lowest BCUT2D eigenvalue weighted by Crippen LogP contribution is -2.50. The Hall–Kier alpha value is -1.84. The highest BCUT2D eigenvalue weighted by atomic mass is 16.2. The summed E-state index contributed by atoms with van der Waals surface area (Å²) in [5.74, 6) is -0.218. The zero-order chi connectivity index (χ0) is 14.7. The van der Waals surface area contributed by atoms with E-state index in [4.69, 9.17) is 0 Å². The molecule has 108 valence electrons. The van der Waals surface area contributed by atoms with Crippen LogP contribution in [0.5, 0.6) is 0 Å². The number of hydrogen-bond acceptors (Lipinski definition) is 2. The second kappa shape index (κ2) is 6.07. The minimum Gasteiger partial charge on any atom is -0.352 e. The molecule has 1 aromatic rings. The van der Waals surface area contributed by atoms with Crippen LogP contribution in [-0.4, -0.2) is 23.9 Å². The first-order valence-electron chi connectivity index (χ1n) is 7.15. The number of carbonyl (C=O) groups excluding carboxylic acids is 2. The van der Waals surface area contributed by atoms with Gasteiger partial charge in [0.15, 0.2) is 0 Å². The van der Waals surface area contributed by atoms with Crippen LogP contribution < -0.4 is 10.6 Å². The summed E-state index contributed by atoms with van der Waals surface area (Å²) in [4.78, 5) is 24.4. The van der Waals surface area contributed by atoms with Gasteiger partial charge in [-0.3, -0.25) is 9.59 Å². The van der Waals surface area contributed by atoms with Gasteiger partial charge >= 0.3 is 0 Å². The second-order valence-electron chi connectivity index (χ2n) is 5.85. The molecule has 1 fully saturated rings. The minimum absolute atomic E-state index is 0.0579. The number of carbonyl (C=O) groups is 2. The number of rotatable bonds is 5. The maximum absolute atomic E-state index is 12.2. The van der Waals surface area contributed by atoms with Crippen molar-refractivity contribution in [3.05, 3.63) is 35.4 Å². The standard InChI is InChI=1S/C16H22N2O2/c1-10(2)14(16(20)17-13-7-8-13)18-15(19)12-6-4-5-11(3)9-12/h4-6,9-10,13-14H,7-8H2,1-3H3,(H,17,20)(H,18,19)/t14-/m0/s1. The molecule has 0 radical (unpaired) electrons. The SMILES string of the molecule is Cc1cccc(C(=O)N[C@H](C(=O)NC2CC2)C(C)C)c1. The number of hydrogen-bond donors (Lipinski definition) is 2. The Balaban J connectivity index is 2.03. The van der Waals surface area contributed by atoms with Gasteiger partial charge in [-0.1, -0.05) is 31.5 Å². The molecule has 0 saturated heterocycles. The molecule has 4 heteroatoms. The third-order valence-corrected chi connectivity index (χ3v) is 3.44. The van der Waals surface area contributed by atoms with Crippen LogP contribution in [0, 0.1) is 12.8 Å². The first-order chi connectivity index (χ1) is 9.47. The molecule has 4 nitrogen and oxygen atoms in total. The molecule has 0 aliphatic heterocycles. The van der Waals surface area contributed by atoms with Crippen LogP contribution in [-0.2, 0) is 4.79 Å². The third kappa shape index (κ3) is 3.83. The first-order valence-corrected chi connectivity index (χ1v) is 7.15. The molecule has 1 saturated carbocycles. The molecule has 2 amide bonds. The van der Waals surface area contributed by atoms with E-state index in [9.17, 15) is 9.59 Å². The Morgan fingerprint density at radius 1 is 1.25 bits per heavy atom. The summed E-state index contributed by atoms with van der Waals surface area (Å²) in [5, 5.41) is 5.79. The largest absolute Gasteiger partial charge is 0.352 e. The summed E-state index contributed by atoms with van der Waals surface area (Å²) >= 11 is 0. The van der Waals surface area contributed by atoms with E-state index >= 15 is 0 Å². The molecule has 1 aromatic carbocycles. The summed E-state index contributed by atoms with van der Waals surface area (Å²) in [5.41, 5.74) is 1.62. The fourth-order valence-electron chi connectivity index (χ4n) is 2.06. The van der Waals surface area contributed by atoms with Crippen LogP contribution in [0.1, 0.15) is 42.6 Å². The van der Waals surface area contributed by atoms with Gasteiger partial charge < -0.3 is 10.6 Å². The van der Waals surface area contributed by atoms with Crippen LogP contribution in [0.15, 0.2) is 24.3 Å². The van der Waals surface area contributed by atoms with Gasteiger partial charge in [-0.25, -0.2) is 0 Å². The minimum atomic E-state index is -0.483. The molecule has 1 atom stereocenters. The summed E-state index contributed by atoms with van der Waals surface area (Å²) in [6.45, 7) is 5.82. The molecule has 2 N–H and O–H groups in total. The van der Waals surface area contributed by atoms with E-state index in [-0.39, 0.29) is 17.7 Å². The van der Waals surface area contributed by atoms with Gasteiger partial charge in [-0.05, 0) is 37.8 Å². The van der Waals surface area contributed by atoms with Crippen LogP contribution >= 0.6 is 0 Å². The average Bonchev–Trinajstić information content (AvgIpc) is 3.19. The first kappa shape index (κ1) is 14.6.